The summed E-state index contributed by atoms with van der Waals surface area (Å²) in [6.45, 7) is 0. The smallest absolute Gasteiger partial charge is 0.221 e. The Morgan fingerprint density at radius 2 is 1.76 bits per heavy atom. The van der Waals surface area contributed by atoms with Gasteiger partial charge in [-0.05, 0) is 28.8 Å². The standard InChI is InChI=1S/C14H14N2O/c15-12-6-7-13(10-4-2-1-3-5-10)11(8-12)9-14(16)17/h1-8H,9,15H2,(H2,16,17). The van der Waals surface area contributed by atoms with E-state index in [0.717, 1.165) is 16.7 Å². The van der Waals surface area contributed by atoms with E-state index in [1.54, 1.807) is 6.07 Å². The number of primary amides is 1. The van der Waals surface area contributed by atoms with Gasteiger partial charge in [-0.15, -0.1) is 0 Å². The topological polar surface area (TPSA) is 69.1 Å². The third kappa shape index (κ3) is 2.64. The van der Waals surface area contributed by atoms with Crippen LogP contribution in [0.25, 0.3) is 11.1 Å². The van der Waals surface area contributed by atoms with Crippen LogP contribution in [-0.2, 0) is 11.2 Å². The molecule has 0 saturated carbocycles. The van der Waals surface area contributed by atoms with Gasteiger partial charge >= 0.3 is 0 Å². The van der Waals surface area contributed by atoms with E-state index in [0.29, 0.717) is 5.69 Å². The molecular weight excluding hydrogens is 212 g/mol. The van der Waals surface area contributed by atoms with E-state index in [9.17, 15) is 4.79 Å². The van der Waals surface area contributed by atoms with Gasteiger partial charge < -0.3 is 11.5 Å². The minimum atomic E-state index is -0.354. The Kier molecular flexibility index (Phi) is 3.10. The lowest BCUT2D eigenvalue weighted by atomic mass is 9.97. The van der Waals surface area contributed by atoms with Crippen molar-refractivity contribution in [3.05, 3.63) is 54.1 Å². The van der Waals surface area contributed by atoms with E-state index in [-0.39, 0.29) is 12.3 Å². The second-order valence-electron chi connectivity index (χ2n) is 3.93. The molecule has 0 atom stereocenters. The van der Waals surface area contributed by atoms with Gasteiger partial charge in [0.25, 0.3) is 0 Å². The maximum atomic E-state index is 11.0. The normalized spacial score (nSPS) is 10.1. The zero-order valence-electron chi connectivity index (χ0n) is 9.39. The van der Waals surface area contributed by atoms with Crippen molar-refractivity contribution in [3.63, 3.8) is 0 Å². The molecular formula is C14H14N2O. The Morgan fingerprint density at radius 3 is 2.41 bits per heavy atom. The van der Waals surface area contributed by atoms with Crippen molar-refractivity contribution in [2.75, 3.05) is 5.73 Å². The SMILES string of the molecule is NC(=O)Cc1cc(N)ccc1-c1ccccc1. The Bertz CT molecular complexity index is 535. The quantitative estimate of drug-likeness (QED) is 0.785. The van der Waals surface area contributed by atoms with E-state index >= 15 is 0 Å². The number of rotatable bonds is 3. The molecule has 0 heterocycles. The minimum absolute atomic E-state index is 0.204. The van der Waals surface area contributed by atoms with Crippen molar-refractivity contribution in [2.45, 2.75) is 6.42 Å². The van der Waals surface area contributed by atoms with Crippen molar-refractivity contribution in [2.24, 2.45) is 5.73 Å². The first-order valence-corrected chi connectivity index (χ1v) is 5.39. The van der Waals surface area contributed by atoms with Crippen LogP contribution in [0.1, 0.15) is 5.56 Å². The number of hydrogen-bond acceptors (Lipinski definition) is 2. The van der Waals surface area contributed by atoms with Gasteiger partial charge in [-0.2, -0.15) is 0 Å². The molecule has 0 aliphatic rings. The molecule has 2 aromatic rings. The number of carbonyl (C=O) groups is 1. The van der Waals surface area contributed by atoms with Gasteiger partial charge in [-0.1, -0.05) is 36.4 Å². The van der Waals surface area contributed by atoms with Gasteiger partial charge in [-0.25, -0.2) is 0 Å². The van der Waals surface area contributed by atoms with Crippen LogP contribution in [0.5, 0.6) is 0 Å². The maximum Gasteiger partial charge on any atom is 0.221 e. The molecule has 0 spiro atoms. The third-order valence-corrected chi connectivity index (χ3v) is 2.58. The Hall–Kier alpha value is -2.29. The second-order valence-corrected chi connectivity index (χ2v) is 3.93. The van der Waals surface area contributed by atoms with Crippen LogP contribution in [0.3, 0.4) is 0 Å². The van der Waals surface area contributed by atoms with E-state index in [4.69, 9.17) is 11.5 Å². The Morgan fingerprint density at radius 1 is 1.06 bits per heavy atom. The van der Waals surface area contributed by atoms with Crippen LogP contribution in [0.4, 0.5) is 5.69 Å². The van der Waals surface area contributed by atoms with Gasteiger partial charge in [-0.3, -0.25) is 4.79 Å². The van der Waals surface area contributed by atoms with E-state index in [1.807, 2.05) is 42.5 Å². The van der Waals surface area contributed by atoms with Gasteiger partial charge in [0.05, 0.1) is 6.42 Å². The molecule has 1 amide bonds. The molecule has 0 aromatic heterocycles. The summed E-state index contributed by atoms with van der Waals surface area (Å²) < 4.78 is 0. The molecule has 0 aliphatic carbocycles. The highest BCUT2D eigenvalue weighted by atomic mass is 16.1. The fourth-order valence-electron chi connectivity index (χ4n) is 1.85. The van der Waals surface area contributed by atoms with Crippen molar-refractivity contribution < 1.29 is 4.79 Å². The molecule has 0 fully saturated rings. The number of amides is 1. The minimum Gasteiger partial charge on any atom is -0.399 e. The van der Waals surface area contributed by atoms with Crippen molar-refractivity contribution in [3.8, 4) is 11.1 Å². The predicted molar refractivity (Wildman–Crippen MR) is 69.2 cm³/mol. The maximum absolute atomic E-state index is 11.0. The Labute approximate surface area is 100 Å². The average molecular weight is 226 g/mol. The fourth-order valence-corrected chi connectivity index (χ4v) is 1.85. The number of nitrogen functional groups attached to an aromatic ring is 1. The van der Waals surface area contributed by atoms with Crippen LogP contribution in [0.15, 0.2) is 48.5 Å². The monoisotopic (exact) mass is 226 g/mol. The molecule has 2 rings (SSSR count). The van der Waals surface area contributed by atoms with E-state index < -0.39 is 0 Å². The zero-order valence-corrected chi connectivity index (χ0v) is 9.39. The molecule has 0 radical (unpaired) electrons. The number of anilines is 1. The summed E-state index contributed by atoms with van der Waals surface area (Å²) in [5.41, 5.74) is 14.5. The molecule has 0 bridgehead atoms. The van der Waals surface area contributed by atoms with Gasteiger partial charge in [0.1, 0.15) is 0 Å². The summed E-state index contributed by atoms with van der Waals surface area (Å²) in [4.78, 5) is 11.0. The van der Waals surface area contributed by atoms with Gasteiger partial charge in [0, 0.05) is 5.69 Å². The molecule has 3 heteroatoms. The summed E-state index contributed by atoms with van der Waals surface area (Å²) in [6, 6.07) is 15.4. The molecule has 86 valence electrons. The lowest BCUT2D eigenvalue weighted by Gasteiger charge is -2.09. The molecule has 0 unspecified atom stereocenters. The van der Waals surface area contributed by atoms with Crippen LogP contribution in [-0.4, -0.2) is 5.91 Å². The first-order chi connectivity index (χ1) is 8.16. The fraction of sp³-hybridized carbons (Fsp3) is 0.0714. The van der Waals surface area contributed by atoms with Crippen LogP contribution >= 0.6 is 0 Å². The van der Waals surface area contributed by atoms with Gasteiger partial charge in [0.2, 0.25) is 5.91 Å². The highest BCUT2D eigenvalue weighted by Crippen LogP contribution is 2.25. The molecule has 17 heavy (non-hydrogen) atoms. The van der Waals surface area contributed by atoms with Crippen LogP contribution in [0.2, 0.25) is 0 Å². The molecule has 0 aliphatic heterocycles. The van der Waals surface area contributed by atoms with Gasteiger partial charge in [0.15, 0.2) is 0 Å². The summed E-state index contributed by atoms with van der Waals surface area (Å²) in [5.74, 6) is -0.354. The van der Waals surface area contributed by atoms with Crippen molar-refractivity contribution >= 4 is 11.6 Å². The summed E-state index contributed by atoms with van der Waals surface area (Å²) in [6.07, 6.45) is 0.204. The van der Waals surface area contributed by atoms with Crippen molar-refractivity contribution in [1.82, 2.24) is 0 Å². The molecule has 0 saturated heterocycles. The predicted octanol–water partition coefficient (Wildman–Crippen LogP) is 1.96. The largest absolute Gasteiger partial charge is 0.399 e. The zero-order chi connectivity index (χ0) is 12.3. The number of nitrogens with two attached hydrogens (primary N) is 2. The summed E-state index contributed by atoms with van der Waals surface area (Å²) >= 11 is 0. The number of hydrogen-bond donors (Lipinski definition) is 2. The second kappa shape index (κ2) is 4.70. The number of benzene rings is 2. The lowest BCUT2D eigenvalue weighted by Crippen LogP contribution is -2.14. The molecule has 4 N–H and O–H groups in total. The lowest BCUT2D eigenvalue weighted by molar-refractivity contribution is -0.117. The van der Waals surface area contributed by atoms with Crippen LogP contribution < -0.4 is 11.5 Å². The van der Waals surface area contributed by atoms with Crippen molar-refractivity contribution in [1.29, 1.82) is 0 Å². The summed E-state index contributed by atoms with van der Waals surface area (Å²) in [5, 5.41) is 0. The third-order valence-electron chi connectivity index (χ3n) is 2.58. The first kappa shape index (κ1) is 11.2. The molecule has 3 nitrogen and oxygen atoms in total. The summed E-state index contributed by atoms with van der Waals surface area (Å²) in [7, 11) is 0. The molecule has 2 aromatic carbocycles. The Balaban J connectivity index is 2.50. The van der Waals surface area contributed by atoms with E-state index in [1.165, 1.54) is 0 Å². The average Bonchev–Trinajstić information content (AvgIpc) is 2.29. The number of carbonyl (C=O) groups excluding carboxylic acids is 1. The highest BCUT2D eigenvalue weighted by Gasteiger charge is 2.07. The highest BCUT2D eigenvalue weighted by molar-refractivity contribution is 5.81. The van der Waals surface area contributed by atoms with E-state index in [2.05, 4.69) is 0 Å². The van der Waals surface area contributed by atoms with Crippen LogP contribution in [0, 0.1) is 0 Å². The first-order valence-electron chi connectivity index (χ1n) is 5.39.